The second-order valence-corrected chi connectivity index (χ2v) is 7.04. The number of hydrogen-bond acceptors (Lipinski definition) is 4. The van der Waals surface area contributed by atoms with Crippen LogP contribution in [-0.4, -0.2) is 44.2 Å². The van der Waals surface area contributed by atoms with Crippen molar-refractivity contribution in [2.75, 3.05) is 12.8 Å². The van der Waals surface area contributed by atoms with Gasteiger partial charge in [0.1, 0.15) is 6.04 Å². The molecule has 0 radical (unpaired) electrons. The Labute approximate surface area is 120 Å². The minimum Gasteiger partial charge on any atom is -0.481 e. The fourth-order valence-corrected chi connectivity index (χ4v) is 2.41. The van der Waals surface area contributed by atoms with Crippen LogP contribution < -0.4 is 10.0 Å². The molecule has 0 aliphatic rings. The Kier molecular flexibility index (Phi) is 7.74. The normalized spacial score (nSPS) is 14.8. The van der Waals surface area contributed by atoms with E-state index in [4.69, 9.17) is 5.11 Å². The Hall–Kier alpha value is -1.15. The lowest BCUT2D eigenvalue weighted by Gasteiger charge is -2.20. The van der Waals surface area contributed by atoms with Crippen LogP contribution in [0.1, 0.15) is 33.6 Å². The molecule has 0 spiro atoms. The first-order valence-electron chi connectivity index (χ1n) is 6.54. The number of carbonyl (C=O) groups excluding carboxylic acids is 1. The van der Waals surface area contributed by atoms with Gasteiger partial charge in [-0.15, -0.1) is 0 Å². The maximum Gasteiger partial charge on any atom is 0.308 e. The predicted octanol–water partition coefficient (Wildman–Crippen LogP) is 0.177. The van der Waals surface area contributed by atoms with Crippen LogP contribution in [-0.2, 0) is 19.6 Å². The first-order valence-corrected chi connectivity index (χ1v) is 8.43. The number of amides is 1. The zero-order valence-electron chi connectivity index (χ0n) is 12.3. The van der Waals surface area contributed by atoms with E-state index in [1.54, 1.807) is 6.92 Å². The first-order chi connectivity index (χ1) is 9.06. The summed E-state index contributed by atoms with van der Waals surface area (Å²) in [6, 6.07) is -0.878. The van der Waals surface area contributed by atoms with Gasteiger partial charge in [-0.05, 0) is 18.8 Å². The highest BCUT2D eigenvalue weighted by Gasteiger charge is 2.24. The molecule has 0 saturated heterocycles. The van der Waals surface area contributed by atoms with Crippen molar-refractivity contribution in [2.24, 2.45) is 11.8 Å². The van der Waals surface area contributed by atoms with Crippen molar-refractivity contribution in [3.8, 4) is 0 Å². The van der Waals surface area contributed by atoms with E-state index < -0.39 is 33.9 Å². The van der Waals surface area contributed by atoms with Gasteiger partial charge in [0.05, 0.1) is 12.2 Å². The number of sulfonamides is 1. The summed E-state index contributed by atoms with van der Waals surface area (Å²) < 4.78 is 24.8. The zero-order valence-corrected chi connectivity index (χ0v) is 13.2. The molecule has 0 aromatic heterocycles. The average molecular weight is 308 g/mol. The molecule has 0 aromatic rings. The average Bonchev–Trinajstić information content (AvgIpc) is 2.25. The SMILES string of the molecule is CCC(CNC(=O)C(CC(C)C)NS(C)(=O)=O)C(=O)O. The Balaban J connectivity index is 4.66. The summed E-state index contributed by atoms with van der Waals surface area (Å²) in [5.41, 5.74) is 0. The maximum absolute atomic E-state index is 12.0. The van der Waals surface area contributed by atoms with Crippen LogP contribution in [0.2, 0.25) is 0 Å². The minimum atomic E-state index is -3.50. The van der Waals surface area contributed by atoms with Crippen molar-refractivity contribution < 1.29 is 23.1 Å². The summed E-state index contributed by atoms with van der Waals surface area (Å²) in [7, 11) is -3.50. The van der Waals surface area contributed by atoms with Crippen LogP contribution in [0.15, 0.2) is 0 Å². The molecule has 1 amide bonds. The standard InChI is InChI=1S/C12H24N2O5S/c1-5-9(12(16)17)7-13-11(15)10(6-8(2)3)14-20(4,18)19/h8-10,14H,5-7H2,1-4H3,(H,13,15)(H,16,17). The van der Waals surface area contributed by atoms with Crippen molar-refractivity contribution in [3.63, 3.8) is 0 Å². The van der Waals surface area contributed by atoms with Crippen LogP contribution in [0.25, 0.3) is 0 Å². The van der Waals surface area contributed by atoms with Gasteiger partial charge in [-0.1, -0.05) is 20.8 Å². The molecule has 7 nitrogen and oxygen atoms in total. The molecule has 20 heavy (non-hydrogen) atoms. The minimum absolute atomic E-state index is 0.00922. The number of carbonyl (C=O) groups is 2. The molecule has 118 valence electrons. The lowest BCUT2D eigenvalue weighted by atomic mass is 10.0. The van der Waals surface area contributed by atoms with Crippen LogP contribution in [0.5, 0.6) is 0 Å². The maximum atomic E-state index is 12.0. The summed E-state index contributed by atoms with van der Waals surface area (Å²) in [5, 5.41) is 11.4. The first kappa shape index (κ1) is 18.9. The topological polar surface area (TPSA) is 113 Å². The third-order valence-electron chi connectivity index (χ3n) is 2.74. The van der Waals surface area contributed by atoms with Crippen LogP contribution >= 0.6 is 0 Å². The van der Waals surface area contributed by atoms with Crippen molar-refractivity contribution in [1.29, 1.82) is 0 Å². The van der Waals surface area contributed by atoms with Gasteiger partial charge in [0, 0.05) is 6.54 Å². The number of carboxylic acid groups (broad SMARTS) is 1. The molecule has 3 N–H and O–H groups in total. The van der Waals surface area contributed by atoms with Gasteiger partial charge in [-0.25, -0.2) is 13.1 Å². The smallest absolute Gasteiger partial charge is 0.308 e. The van der Waals surface area contributed by atoms with E-state index in [-0.39, 0.29) is 12.5 Å². The summed E-state index contributed by atoms with van der Waals surface area (Å²) in [6.45, 7) is 5.45. The summed E-state index contributed by atoms with van der Waals surface area (Å²) >= 11 is 0. The fraction of sp³-hybridized carbons (Fsp3) is 0.833. The Morgan fingerprint density at radius 1 is 1.25 bits per heavy atom. The number of aliphatic carboxylic acids is 1. The fourth-order valence-electron chi connectivity index (χ4n) is 1.69. The van der Waals surface area contributed by atoms with Gasteiger partial charge < -0.3 is 10.4 Å². The second kappa shape index (κ2) is 8.21. The van der Waals surface area contributed by atoms with Crippen molar-refractivity contribution in [2.45, 2.75) is 39.7 Å². The molecule has 0 saturated carbocycles. The van der Waals surface area contributed by atoms with E-state index in [9.17, 15) is 18.0 Å². The van der Waals surface area contributed by atoms with Gasteiger partial charge in [-0.3, -0.25) is 9.59 Å². The largest absolute Gasteiger partial charge is 0.481 e. The van der Waals surface area contributed by atoms with E-state index in [0.29, 0.717) is 12.8 Å². The number of nitrogens with one attached hydrogen (secondary N) is 2. The molecule has 0 heterocycles. The van der Waals surface area contributed by atoms with E-state index in [2.05, 4.69) is 10.0 Å². The zero-order chi connectivity index (χ0) is 15.9. The van der Waals surface area contributed by atoms with Crippen LogP contribution in [0.4, 0.5) is 0 Å². The number of carboxylic acids is 1. The van der Waals surface area contributed by atoms with Gasteiger partial charge in [0.15, 0.2) is 0 Å². The third kappa shape index (κ3) is 8.11. The molecule has 0 rings (SSSR count). The predicted molar refractivity (Wildman–Crippen MR) is 75.6 cm³/mol. The van der Waals surface area contributed by atoms with E-state index >= 15 is 0 Å². The van der Waals surface area contributed by atoms with Crippen molar-refractivity contribution in [1.82, 2.24) is 10.0 Å². The Bertz CT molecular complexity index is 433. The molecule has 0 fully saturated rings. The summed E-state index contributed by atoms with van der Waals surface area (Å²) in [5.74, 6) is -2.02. The van der Waals surface area contributed by atoms with Crippen molar-refractivity contribution >= 4 is 21.9 Å². The lowest BCUT2D eigenvalue weighted by molar-refractivity contribution is -0.141. The van der Waals surface area contributed by atoms with Gasteiger partial charge in [0.2, 0.25) is 15.9 Å². The Morgan fingerprint density at radius 3 is 2.15 bits per heavy atom. The van der Waals surface area contributed by atoms with Crippen LogP contribution in [0, 0.1) is 11.8 Å². The highest BCUT2D eigenvalue weighted by atomic mass is 32.2. The van der Waals surface area contributed by atoms with Gasteiger partial charge in [-0.2, -0.15) is 0 Å². The highest BCUT2D eigenvalue weighted by molar-refractivity contribution is 7.88. The second-order valence-electron chi connectivity index (χ2n) is 5.26. The Morgan fingerprint density at radius 2 is 1.80 bits per heavy atom. The van der Waals surface area contributed by atoms with Crippen LogP contribution in [0.3, 0.4) is 0 Å². The molecule has 0 aromatic carbocycles. The molecule has 0 aliphatic heterocycles. The third-order valence-corrected chi connectivity index (χ3v) is 3.46. The van der Waals surface area contributed by atoms with E-state index in [1.807, 2.05) is 13.8 Å². The number of rotatable bonds is 9. The summed E-state index contributed by atoms with van der Waals surface area (Å²) in [6.07, 6.45) is 1.73. The van der Waals surface area contributed by atoms with Gasteiger partial charge in [0.25, 0.3) is 0 Å². The molecule has 0 aliphatic carbocycles. The molecule has 8 heteroatoms. The molecular weight excluding hydrogens is 284 g/mol. The van der Waals surface area contributed by atoms with E-state index in [1.165, 1.54) is 0 Å². The quantitative estimate of drug-likeness (QED) is 0.562. The molecular formula is C12H24N2O5S. The number of hydrogen-bond donors (Lipinski definition) is 3. The molecule has 2 atom stereocenters. The van der Waals surface area contributed by atoms with E-state index in [0.717, 1.165) is 6.26 Å². The van der Waals surface area contributed by atoms with Crippen molar-refractivity contribution in [3.05, 3.63) is 0 Å². The van der Waals surface area contributed by atoms with Gasteiger partial charge >= 0.3 is 5.97 Å². The monoisotopic (exact) mass is 308 g/mol. The summed E-state index contributed by atoms with van der Waals surface area (Å²) in [4.78, 5) is 22.8. The molecule has 0 bridgehead atoms. The highest BCUT2D eigenvalue weighted by Crippen LogP contribution is 2.07. The molecule has 2 unspecified atom stereocenters. The lowest BCUT2D eigenvalue weighted by Crippen LogP contribution is -2.48.